The summed E-state index contributed by atoms with van der Waals surface area (Å²) >= 11 is 0. The summed E-state index contributed by atoms with van der Waals surface area (Å²) in [6, 6.07) is 4.11. The number of hydrogen-bond donors (Lipinski definition) is 2. The number of rotatable bonds is 2. The van der Waals surface area contributed by atoms with E-state index in [-0.39, 0.29) is 5.92 Å². The molecule has 1 aromatic carbocycles. The molecule has 0 aliphatic carbocycles. The van der Waals surface area contributed by atoms with E-state index in [1.807, 2.05) is 13.0 Å². The van der Waals surface area contributed by atoms with Crippen LogP contribution in [0.5, 0.6) is 5.75 Å². The molecule has 0 saturated carbocycles. The maximum atomic E-state index is 10.3. The second-order valence-corrected chi connectivity index (χ2v) is 4.66. The zero-order chi connectivity index (χ0) is 11.7. The number of aromatic hydroxyl groups is 1. The van der Waals surface area contributed by atoms with Crippen molar-refractivity contribution in [2.45, 2.75) is 25.7 Å². The quantitative estimate of drug-likeness (QED) is 0.799. The maximum absolute atomic E-state index is 10.3. The molecule has 0 fully saturated rings. The van der Waals surface area contributed by atoms with Gasteiger partial charge in [0.05, 0.1) is 0 Å². The van der Waals surface area contributed by atoms with E-state index in [1.54, 1.807) is 0 Å². The Morgan fingerprint density at radius 3 is 2.94 bits per heavy atom. The maximum Gasteiger partial charge on any atom is 0.124 e. The summed E-state index contributed by atoms with van der Waals surface area (Å²) in [5.74, 6) is 0.680. The fourth-order valence-corrected chi connectivity index (χ4v) is 2.39. The first-order valence-electron chi connectivity index (χ1n) is 5.91. The van der Waals surface area contributed by atoms with E-state index in [9.17, 15) is 5.11 Å². The standard InChI is InChI=1S/C13H20N2O/c1-9(8-14)10-5-6-12-11(13(10)16)4-3-7-15(12)2/h5-6,9,16H,3-4,7-8,14H2,1-2H3. The molecule has 1 aliphatic heterocycles. The van der Waals surface area contributed by atoms with Gasteiger partial charge in [-0.25, -0.2) is 0 Å². The van der Waals surface area contributed by atoms with Gasteiger partial charge in [-0.3, -0.25) is 0 Å². The molecule has 0 bridgehead atoms. The Labute approximate surface area is 96.9 Å². The third-order valence-corrected chi connectivity index (χ3v) is 3.51. The minimum absolute atomic E-state index is 0.220. The molecule has 1 aromatic rings. The van der Waals surface area contributed by atoms with E-state index < -0.39 is 0 Å². The van der Waals surface area contributed by atoms with Gasteiger partial charge in [0, 0.05) is 24.8 Å². The van der Waals surface area contributed by atoms with Crippen LogP contribution in [-0.4, -0.2) is 25.2 Å². The molecule has 0 amide bonds. The minimum Gasteiger partial charge on any atom is -0.507 e. The van der Waals surface area contributed by atoms with Crippen molar-refractivity contribution in [2.24, 2.45) is 5.73 Å². The van der Waals surface area contributed by atoms with Crippen molar-refractivity contribution < 1.29 is 5.11 Å². The molecule has 3 N–H and O–H groups in total. The van der Waals surface area contributed by atoms with E-state index in [1.165, 1.54) is 0 Å². The van der Waals surface area contributed by atoms with Crippen LogP contribution in [0.2, 0.25) is 0 Å². The lowest BCUT2D eigenvalue weighted by atomic mass is 9.92. The van der Waals surface area contributed by atoms with Gasteiger partial charge in [0.25, 0.3) is 0 Å². The van der Waals surface area contributed by atoms with Crippen LogP contribution in [0.3, 0.4) is 0 Å². The van der Waals surface area contributed by atoms with Gasteiger partial charge in [-0.1, -0.05) is 13.0 Å². The molecule has 16 heavy (non-hydrogen) atoms. The van der Waals surface area contributed by atoms with Gasteiger partial charge in [0.15, 0.2) is 0 Å². The molecular weight excluding hydrogens is 200 g/mol. The molecule has 1 aliphatic rings. The highest BCUT2D eigenvalue weighted by molar-refractivity contribution is 5.63. The predicted octanol–water partition coefficient (Wildman–Crippen LogP) is 1.84. The Kier molecular flexibility index (Phi) is 3.06. The lowest BCUT2D eigenvalue weighted by Gasteiger charge is -2.29. The monoisotopic (exact) mass is 220 g/mol. The first-order chi connectivity index (χ1) is 7.65. The number of nitrogens with zero attached hydrogens (tertiary/aromatic N) is 1. The Hall–Kier alpha value is -1.22. The third-order valence-electron chi connectivity index (χ3n) is 3.51. The van der Waals surface area contributed by atoms with E-state index >= 15 is 0 Å². The molecule has 1 atom stereocenters. The summed E-state index contributed by atoms with van der Waals surface area (Å²) in [6.45, 7) is 3.69. The molecular formula is C13H20N2O. The van der Waals surface area contributed by atoms with Crippen molar-refractivity contribution in [3.8, 4) is 5.75 Å². The zero-order valence-electron chi connectivity index (χ0n) is 10.0. The number of phenols is 1. The molecule has 3 heteroatoms. The van der Waals surface area contributed by atoms with Crippen LogP contribution in [0, 0.1) is 0 Å². The van der Waals surface area contributed by atoms with Crippen LogP contribution in [0.1, 0.15) is 30.4 Å². The van der Waals surface area contributed by atoms with Gasteiger partial charge in [-0.05, 0) is 36.9 Å². The Morgan fingerprint density at radius 2 is 2.25 bits per heavy atom. The van der Waals surface area contributed by atoms with Crippen molar-refractivity contribution in [1.29, 1.82) is 0 Å². The van der Waals surface area contributed by atoms with Gasteiger partial charge in [0.2, 0.25) is 0 Å². The fraction of sp³-hybridized carbons (Fsp3) is 0.538. The minimum atomic E-state index is 0.220. The van der Waals surface area contributed by atoms with Crippen LogP contribution in [0.15, 0.2) is 12.1 Å². The van der Waals surface area contributed by atoms with E-state index in [0.717, 1.165) is 36.2 Å². The summed E-state index contributed by atoms with van der Waals surface area (Å²) in [4.78, 5) is 2.20. The van der Waals surface area contributed by atoms with Crippen molar-refractivity contribution in [1.82, 2.24) is 0 Å². The van der Waals surface area contributed by atoms with Crippen LogP contribution in [-0.2, 0) is 6.42 Å². The molecule has 0 aromatic heterocycles. The number of hydrogen-bond acceptors (Lipinski definition) is 3. The van der Waals surface area contributed by atoms with Gasteiger partial charge < -0.3 is 15.7 Å². The highest BCUT2D eigenvalue weighted by atomic mass is 16.3. The summed E-state index contributed by atoms with van der Waals surface area (Å²) < 4.78 is 0. The normalized spacial score (nSPS) is 17.1. The molecule has 1 unspecified atom stereocenters. The third kappa shape index (κ3) is 1.76. The Balaban J connectivity index is 2.46. The lowest BCUT2D eigenvalue weighted by molar-refractivity contribution is 0.453. The SMILES string of the molecule is CC(CN)c1ccc2c(c1O)CCCN2C. The van der Waals surface area contributed by atoms with Gasteiger partial charge in [-0.2, -0.15) is 0 Å². The average Bonchev–Trinajstić information content (AvgIpc) is 2.30. The number of fused-ring (bicyclic) bond motifs is 1. The van der Waals surface area contributed by atoms with E-state index in [2.05, 4.69) is 18.0 Å². The van der Waals surface area contributed by atoms with Crippen LogP contribution in [0.25, 0.3) is 0 Å². The largest absolute Gasteiger partial charge is 0.507 e. The van der Waals surface area contributed by atoms with E-state index in [0.29, 0.717) is 12.3 Å². The summed E-state index contributed by atoms with van der Waals surface area (Å²) in [5, 5.41) is 10.3. The van der Waals surface area contributed by atoms with Gasteiger partial charge in [-0.15, -0.1) is 0 Å². The van der Waals surface area contributed by atoms with Crippen molar-refractivity contribution >= 4 is 5.69 Å². The molecule has 0 saturated heterocycles. The first kappa shape index (κ1) is 11.3. The van der Waals surface area contributed by atoms with Crippen molar-refractivity contribution in [2.75, 3.05) is 25.0 Å². The van der Waals surface area contributed by atoms with Crippen LogP contribution < -0.4 is 10.6 Å². The predicted molar refractivity (Wildman–Crippen MR) is 67.2 cm³/mol. The topological polar surface area (TPSA) is 49.5 Å². The highest BCUT2D eigenvalue weighted by Gasteiger charge is 2.20. The van der Waals surface area contributed by atoms with Crippen LogP contribution in [0.4, 0.5) is 5.69 Å². The average molecular weight is 220 g/mol. The second-order valence-electron chi connectivity index (χ2n) is 4.66. The molecule has 0 radical (unpaired) electrons. The lowest BCUT2D eigenvalue weighted by Crippen LogP contribution is -2.25. The molecule has 0 spiro atoms. The molecule has 2 rings (SSSR count). The zero-order valence-corrected chi connectivity index (χ0v) is 10.0. The summed E-state index contributed by atoms with van der Waals surface area (Å²) in [7, 11) is 2.07. The second kappa shape index (κ2) is 4.34. The van der Waals surface area contributed by atoms with Gasteiger partial charge in [0.1, 0.15) is 5.75 Å². The number of phenolic OH excluding ortho intramolecular Hbond substituents is 1. The summed E-state index contributed by atoms with van der Waals surface area (Å²) in [6.07, 6.45) is 2.08. The number of anilines is 1. The van der Waals surface area contributed by atoms with Crippen LogP contribution >= 0.6 is 0 Å². The Morgan fingerprint density at radius 1 is 1.50 bits per heavy atom. The molecule has 88 valence electrons. The van der Waals surface area contributed by atoms with Crippen molar-refractivity contribution in [3.05, 3.63) is 23.3 Å². The van der Waals surface area contributed by atoms with Crippen molar-refractivity contribution in [3.63, 3.8) is 0 Å². The highest BCUT2D eigenvalue weighted by Crippen LogP contribution is 2.38. The number of benzene rings is 1. The smallest absolute Gasteiger partial charge is 0.124 e. The number of nitrogens with two attached hydrogens (primary N) is 1. The Bertz CT molecular complexity index is 390. The molecule has 3 nitrogen and oxygen atoms in total. The fourth-order valence-electron chi connectivity index (χ4n) is 2.39. The van der Waals surface area contributed by atoms with Gasteiger partial charge >= 0.3 is 0 Å². The summed E-state index contributed by atoms with van der Waals surface area (Å²) in [5.41, 5.74) is 8.89. The first-order valence-corrected chi connectivity index (χ1v) is 5.91. The molecule has 1 heterocycles. The van der Waals surface area contributed by atoms with E-state index in [4.69, 9.17) is 5.73 Å².